The topological polar surface area (TPSA) is 90.3 Å². The number of hydrogen-bond donors (Lipinski definition) is 3. The van der Waals surface area contributed by atoms with Gasteiger partial charge in [-0.3, -0.25) is 0 Å². The summed E-state index contributed by atoms with van der Waals surface area (Å²) < 4.78 is 0. The van der Waals surface area contributed by atoms with Gasteiger partial charge in [-0.15, -0.1) is 0 Å². The van der Waals surface area contributed by atoms with E-state index in [-0.39, 0.29) is 21.3 Å². The third-order valence-corrected chi connectivity index (χ3v) is 2.80. The first-order valence-electron chi connectivity index (χ1n) is 3.98. The predicted molar refractivity (Wildman–Crippen MR) is 57.5 cm³/mol. The molecule has 0 fully saturated rings. The van der Waals surface area contributed by atoms with Crippen molar-refractivity contribution in [3.63, 3.8) is 0 Å². The minimum absolute atomic E-state index is 0.0402. The van der Waals surface area contributed by atoms with Gasteiger partial charge in [-0.25, -0.2) is 0 Å². The number of rotatable bonds is 2. The third kappa shape index (κ3) is 2.33. The smallest absolute Gasteiger partial charge is 0.170 e. The maximum Gasteiger partial charge on any atom is 0.170 e. The Kier molecular flexibility index (Phi) is 3.77. The van der Waals surface area contributed by atoms with Gasteiger partial charge in [0.1, 0.15) is 6.10 Å². The number of nitrogens with zero attached hydrogens (tertiary/aromatic N) is 1. The summed E-state index contributed by atoms with van der Waals surface area (Å²) in [6, 6.07) is 4.35. The molecule has 0 heterocycles. The molecule has 1 aromatic rings. The molecule has 0 saturated heterocycles. The lowest BCUT2D eigenvalue weighted by molar-refractivity contribution is 0.0529. The lowest BCUT2D eigenvalue weighted by Crippen LogP contribution is -2.16. The summed E-state index contributed by atoms with van der Waals surface area (Å²) in [5, 5.41) is 27.2. The molecule has 0 spiro atoms. The van der Waals surface area contributed by atoms with Crippen molar-refractivity contribution in [3.05, 3.63) is 27.7 Å². The van der Waals surface area contributed by atoms with Gasteiger partial charge in [-0.2, -0.15) is 5.26 Å². The Morgan fingerprint density at radius 2 is 1.87 bits per heavy atom. The van der Waals surface area contributed by atoms with Crippen LogP contribution < -0.4 is 5.73 Å². The highest BCUT2D eigenvalue weighted by Crippen LogP contribution is 2.35. The summed E-state index contributed by atoms with van der Waals surface area (Å²) in [6.07, 6.45) is -2.96. The molecule has 2 atom stereocenters. The number of halogens is 2. The predicted octanol–water partition coefficient (Wildman–Crippen LogP) is 1.49. The molecule has 0 amide bonds. The van der Waals surface area contributed by atoms with Crippen molar-refractivity contribution in [3.8, 4) is 6.07 Å². The molecule has 4 N–H and O–H groups in total. The van der Waals surface area contributed by atoms with E-state index in [0.717, 1.165) is 0 Å². The first kappa shape index (κ1) is 12.1. The van der Waals surface area contributed by atoms with Crippen molar-refractivity contribution < 1.29 is 10.2 Å². The number of nitrogen functional groups attached to an aromatic ring is 1. The second kappa shape index (κ2) is 4.69. The molecule has 0 bridgehead atoms. The van der Waals surface area contributed by atoms with Gasteiger partial charge in [0.2, 0.25) is 0 Å². The lowest BCUT2D eigenvalue weighted by atomic mass is 10.0. The molecule has 0 aliphatic carbocycles. The van der Waals surface area contributed by atoms with E-state index in [1.165, 1.54) is 18.2 Å². The normalized spacial score (nSPS) is 14.3. The van der Waals surface area contributed by atoms with Crippen LogP contribution in [0.3, 0.4) is 0 Å². The summed E-state index contributed by atoms with van der Waals surface area (Å²) >= 11 is 11.5. The van der Waals surface area contributed by atoms with Crippen molar-refractivity contribution in [2.45, 2.75) is 12.2 Å². The Morgan fingerprint density at radius 1 is 1.27 bits per heavy atom. The molecule has 15 heavy (non-hydrogen) atoms. The van der Waals surface area contributed by atoms with Crippen LogP contribution in [0, 0.1) is 11.3 Å². The first-order chi connectivity index (χ1) is 6.99. The van der Waals surface area contributed by atoms with Crippen LogP contribution in [0.2, 0.25) is 10.0 Å². The van der Waals surface area contributed by atoms with E-state index in [2.05, 4.69) is 0 Å². The molecule has 80 valence electrons. The molecule has 1 aromatic carbocycles. The maximum atomic E-state index is 9.53. The van der Waals surface area contributed by atoms with Crippen molar-refractivity contribution >= 4 is 28.9 Å². The average molecular weight is 247 g/mol. The van der Waals surface area contributed by atoms with E-state index >= 15 is 0 Å². The Bertz CT molecular complexity index is 417. The summed E-state index contributed by atoms with van der Waals surface area (Å²) in [5.74, 6) is 0. The Labute approximate surface area is 96.5 Å². The largest absolute Gasteiger partial charge is 0.397 e. The molecule has 0 aromatic heterocycles. The second-order valence-corrected chi connectivity index (χ2v) is 3.65. The molecule has 0 aliphatic rings. The van der Waals surface area contributed by atoms with Gasteiger partial charge in [0.05, 0.1) is 21.8 Å². The lowest BCUT2D eigenvalue weighted by Gasteiger charge is -2.15. The number of aliphatic hydroxyl groups excluding tert-OH is 2. The van der Waals surface area contributed by atoms with Crippen molar-refractivity contribution in [1.29, 1.82) is 5.26 Å². The van der Waals surface area contributed by atoms with Crippen LogP contribution in [0.25, 0.3) is 0 Å². The highest BCUT2D eigenvalue weighted by Gasteiger charge is 2.22. The number of nitriles is 1. The quantitative estimate of drug-likeness (QED) is 0.545. The van der Waals surface area contributed by atoms with E-state index in [1.807, 2.05) is 0 Å². The minimum Gasteiger partial charge on any atom is -0.397 e. The molecule has 0 saturated carbocycles. The van der Waals surface area contributed by atoms with E-state index < -0.39 is 12.2 Å². The van der Waals surface area contributed by atoms with Crippen LogP contribution in [0.1, 0.15) is 11.7 Å². The molecule has 4 nitrogen and oxygen atoms in total. The molecule has 0 radical (unpaired) electrons. The number of aliphatic hydroxyl groups is 2. The van der Waals surface area contributed by atoms with Gasteiger partial charge in [-0.1, -0.05) is 29.3 Å². The zero-order valence-electron chi connectivity index (χ0n) is 7.48. The zero-order chi connectivity index (χ0) is 11.6. The average Bonchev–Trinajstić information content (AvgIpc) is 2.24. The second-order valence-electron chi connectivity index (χ2n) is 2.89. The van der Waals surface area contributed by atoms with Crippen LogP contribution in [-0.4, -0.2) is 16.3 Å². The monoisotopic (exact) mass is 246 g/mol. The molecular weight excluding hydrogens is 239 g/mol. The van der Waals surface area contributed by atoms with Crippen LogP contribution >= 0.6 is 23.2 Å². The SMILES string of the molecule is N#CC(O)C(O)c1ccc(N)c(Cl)c1Cl. The van der Waals surface area contributed by atoms with E-state index in [4.69, 9.17) is 39.3 Å². The highest BCUT2D eigenvalue weighted by atomic mass is 35.5. The number of anilines is 1. The van der Waals surface area contributed by atoms with Gasteiger partial charge in [-0.05, 0) is 6.07 Å². The van der Waals surface area contributed by atoms with Gasteiger partial charge >= 0.3 is 0 Å². The van der Waals surface area contributed by atoms with E-state index in [0.29, 0.717) is 0 Å². The van der Waals surface area contributed by atoms with Gasteiger partial charge in [0.25, 0.3) is 0 Å². The fourth-order valence-electron chi connectivity index (χ4n) is 1.05. The number of nitrogens with two attached hydrogens (primary N) is 1. The molecule has 0 aliphatic heterocycles. The third-order valence-electron chi connectivity index (χ3n) is 1.89. The zero-order valence-corrected chi connectivity index (χ0v) is 9.00. The molecule has 6 heteroatoms. The van der Waals surface area contributed by atoms with Gasteiger partial charge < -0.3 is 15.9 Å². The summed E-state index contributed by atoms with van der Waals surface area (Å²) in [4.78, 5) is 0. The molecular formula is C9H8Cl2N2O2. The van der Waals surface area contributed by atoms with Crippen molar-refractivity contribution in [2.24, 2.45) is 0 Å². The molecule has 2 unspecified atom stereocenters. The van der Waals surface area contributed by atoms with Gasteiger partial charge in [0.15, 0.2) is 6.10 Å². The Hall–Kier alpha value is -0.990. The fraction of sp³-hybridized carbons (Fsp3) is 0.222. The number of benzene rings is 1. The van der Waals surface area contributed by atoms with Crippen LogP contribution in [-0.2, 0) is 0 Å². The highest BCUT2D eigenvalue weighted by molar-refractivity contribution is 6.44. The van der Waals surface area contributed by atoms with Crippen LogP contribution in [0.4, 0.5) is 5.69 Å². The van der Waals surface area contributed by atoms with Crippen LogP contribution in [0.15, 0.2) is 12.1 Å². The number of hydrogen-bond acceptors (Lipinski definition) is 4. The summed E-state index contributed by atoms with van der Waals surface area (Å²) in [6.45, 7) is 0. The maximum absolute atomic E-state index is 9.53. The Morgan fingerprint density at radius 3 is 2.40 bits per heavy atom. The fourth-order valence-corrected chi connectivity index (χ4v) is 1.50. The standard InChI is InChI=1S/C9H8Cl2N2O2/c10-7-4(9(15)6(14)3-12)1-2-5(13)8(7)11/h1-2,6,9,14-15H,13H2. The van der Waals surface area contributed by atoms with Crippen LogP contribution in [0.5, 0.6) is 0 Å². The summed E-state index contributed by atoms with van der Waals surface area (Å²) in [5.41, 5.74) is 5.91. The van der Waals surface area contributed by atoms with Gasteiger partial charge in [0, 0.05) is 5.56 Å². The van der Waals surface area contributed by atoms with Crippen molar-refractivity contribution in [1.82, 2.24) is 0 Å². The minimum atomic E-state index is -1.55. The van der Waals surface area contributed by atoms with E-state index in [9.17, 15) is 5.11 Å². The summed E-state index contributed by atoms with van der Waals surface area (Å²) in [7, 11) is 0. The van der Waals surface area contributed by atoms with Crippen molar-refractivity contribution in [2.75, 3.05) is 5.73 Å². The first-order valence-corrected chi connectivity index (χ1v) is 4.73. The Balaban J connectivity index is 3.17. The van der Waals surface area contributed by atoms with E-state index in [1.54, 1.807) is 0 Å². The molecule has 1 rings (SSSR count).